The van der Waals surface area contributed by atoms with Crippen molar-refractivity contribution >= 4 is 23.4 Å². The number of hydrogen-bond donors (Lipinski definition) is 1. The smallest absolute Gasteiger partial charge is 0.243 e. The number of hydrogen-bond acceptors (Lipinski definition) is 2. The fourth-order valence-electron chi connectivity index (χ4n) is 4.26. The van der Waals surface area contributed by atoms with E-state index < -0.39 is 6.04 Å². The number of carbonyl (C=O) groups is 2. The number of amides is 2. The molecule has 0 aliphatic heterocycles. The molecule has 2 aromatic carbocycles. The Morgan fingerprint density at radius 2 is 1.74 bits per heavy atom. The van der Waals surface area contributed by atoms with Crippen LogP contribution in [0.1, 0.15) is 62.1 Å². The van der Waals surface area contributed by atoms with Crippen LogP contribution < -0.4 is 5.32 Å². The van der Waals surface area contributed by atoms with Gasteiger partial charge in [0.05, 0.1) is 6.42 Å². The molecule has 1 atom stereocenters. The predicted molar refractivity (Wildman–Crippen MR) is 126 cm³/mol. The fourth-order valence-corrected chi connectivity index (χ4v) is 4.45. The van der Waals surface area contributed by atoms with Crippen LogP contribution in [0.15, 0.2) is 48.5 Å². The van der Waals surface area contributed by atoms with Crippen molar-refractivity contribution in [2.75, 3.05) is 0 Å². The zero-order valence-corrected chi connectivity index (χ0v) is 19.3. The third-order valence-electron chi connectivity index (χ3n) is 6.11. The molecular weight excluding hydrogens is 408 g/mol. The molecule has 1 aliphatic carbocycles. The molecule has 0 bridgehead atoms. The molecule has 0 spiro atoms. The van der Waals surface area contributed by atoms with Crippen molar-refractivity contribution in [3.8, 4) is 0 Å². The SMILES string of the molecule is CC[C@H](C(=O)NC1CCCCC1)N(Cc1ccccc1Cl)C(=O)Cc1ccc(C)cc1. The number of benzene rings is 2. The summed E-state index contributed by atoms with van der Waals surface area (Å²) < 4.78 is 0. The van der Waals surface area contributed by atoms with Crippen molar-refractivity contribution in [3.05, 3.63) is 70.2 Å². The van der Waals surface area contributed by atoms with Gasteiger partial charge in [-0.1, -0.05) is 85.8 Å². The Balaban J connectivity index is 1.81. The molecule has 0 heterocycles. The van der Waals surface area contributed by atoms with E-state index in [0.717, 1.165) is 42.4 Å². The maximum atomic E-state index is 13.4. The Morgan fingerprint density at radius 1 is 1.06 bits per heavy atom. The van der Waals surface area contributed by atoms with E-state index in [0.29, 0.717) is 18.0 Å². The minimum atomic E-state index is -0.517. The number of nitrogens with zero attached hydrogens (tertiary/aromatic N) is 1. The second kappa shape index (κ2) is 11.3. The summed E-state index contributed by atoms with van der Waals surface area (Å²) in [5.74, 6) is -0.117. The molecule has 0 aromatic heterocycles. The number of aryl methyl sites for hydroxylation is 1. The predicted octanol–water partition coefficient (Wildman–Crippen LogP) is 5.45. The molecular formula is C26H33ClN2O2. The van der Waals surface area contributed by atoms with Crippen molar-refractivity contribution < 1.29 is 9.59 Å². The third-order valence-corrected chi connectivity index (χ3v) is 6.48. The highest BCUT2D eigenvalue weighted by Gasteiger charge is 2.30. The quantitative estimate of drug-likeness (QED) is 0.593. The Hall–Kier alpha value is -2.33. The highest BCUT2D eigenvalue weighted by atomic mass is 35.5. The molecule has 1 fully saturated rings. The van der Waals surface area contributed by atoms with E-state index in [9.17, 15) is 9.59 Å². The standard InChI is InChI=1S/C26H33ClN2O2/c1-3-24(26(31)28-22-10-5-4-6-11-22)29(18-21-9-7-8-12-23(21)27)25(30)17-20-15-13-19(2)14-16-20/h7-9,12-16,22,24H,3-6,10-11,17-18H2,1-2H3,(H,28,31)/t24-/m1/s1. The van der Waals surface area contributed by atoms with E-state index in [2.05, 4.69) is 5.32 Å². The van der Waals surface area contributed by atoms with Gasteiger partial charge in [-0.2, -0.15) is 0 Å². The summed E-state index contributed by atoms with van der Waals surface area (Å²) in [5.41, 5.74) is 2.95. The van der Waals surface area contributed by atoms with Crippen molar-refractivity contribution in [1.29, 1.82) is 0 Å². The van der Waals surface area contributed by atoms with Gasteiger partial charge in [0.1, 0.15) is 6.04 Å². The van der Waals surface area contributed by atoms with Crippen LogP contribution in [-0.2, 0) is 22.6 Å². The summed E-state index contributed by atoms with van der Waals surface area (Å²) in [4.78, 5) is 28.3. The van der Waals surface area contributed by atoms with E-state index in [1.165, 1.54) is 6.42 Å². The first-order chi connectivity index (χ1) is 15.0. The van der Waals surface area contributed by atoms with Crippen LogP contribution in [0, 0.1) is 6.92 Å². The summed E-state index contributed by atoms with van der Waals surface area (Å²) in [6, 6.07) is 15.2. The molecule has 0 radical (unpaired) electrons. The monoisotopic (exact) mass is 440 g/mol. The molecule has 2 amide bonds. The number of carbonyl (C=O) groups excluding carboxylic acids is 2. The Kier molecular flexibility index (Phi) is 8.53. The minimum Gasteiger partial charge on any atom is -0.352 e. The van der Waals surface area contributed by atoms with E-state index in [1.807, 2.05) is 62.4 Å². The van der Waals surface area contributed by atoms with Gasteiger partial charge in [-0.05, 0) is 43.4 Å². The van der Waals surface area contributed by atoms with Gasteiger partial charge in [-0.15, -0.1) is 0 Å². The first-order valence-electron chi connectivity index (χ1n) is 11.4. The van der Waals surface area contributed by atoms with Crippen molar-refractivity contribution in [2.45, 2.75) is 77.4 Å². The topological polar surface area (TPSA) is 49.4 Å². The fraction of sp³-hybridized carbons (Fsp3) is 0.462. The number of nitrogens with one attached hydrogen (secondary N) is 1. The largest absolute Gasteiger partial charge is 0.352 e. The molecule has 4 nitrogen and oxygen atoms in total. The van der Waals surface area contributed by atoms with E-state index in [4.69, 9.17) is 11.6 Å². The van der Waals surface area contributed by atoms with Crippen LogP contribution in [-0.4, -0.2) is 28.8 Å². The van der Waals surface area contributed by atoms with Crippen LogP contribution in [0.2, 0.25) is 5.02 Å². The van der Waals surface area contributed by atoms with Gasteiger partial charge in [-0.3, -0.25) is 9.59 Å². The van der Waals surface area contributed by atoms with Gasteiger partial charge < -0.3 is 10.2 Å². The Morgan fingerprint density at radius 3 is 2.39 bits per heavy atom. The van der Waals surface area contributed by atoms with Crippen LogP contribution in [0.5, 0.6) is 0 Å². The van der Waals surface area contributed by atoms with Crippen LogP contribution >= 0.6 is 11.6 Å². The first-order valence-corrected chi connectivity index (χ1v) is 11.7. The average molecular weight is 441 g/mol. The first kappa shape index (κ1) is 23.3. The summed E-state index contributed by atoms with van der Waals surface area (Å²) in [7, 11) is 0. The van der Waals surface area contributed by atoms with Crippen molar-refractivity contribution in [1.82, 2.24) is 10.2 Å². The normalized spacial score (nSPS) is 15.3. The van der Waals surface area contributed by atoms with Crippen LogP contribution in [0.3, 0.4) is 0 Å². The van der Waals surface area contributed by atoms with Gasteiger partial charge in [-0.25, -0.2) is 0 Å². The molecule has 31 heavy (non-hydrogen) atoms. The molecule has 1 N–H and O–H groups in total. The molecule has 0 unspecified atom stereocenters. The van der Waals surface area contributed by atoms with Crippen LogP contribution in [0.25, 0.3) is 0 Å². The zero-order valence-electron chi connectivity index (χ0n) is 18.6. The minimum absolute atomic E-state index is 0.0568. The van der Waals surface area contributed by atoms with Crippen molar-refractivity contribution in [2.24, 2.45) is 0 Å². The number of halogens is 1. The summed E-state index contributed by atoms with van der Waals surface area (Å²) >= 11 is 6.40. The van der Waals surface area contributed by atoms with Gasteiger partial charge in [0.25, 0.3) is 0 Å². The number of rotatable bonds is 8. The zero-order chi connectivity index (χ0) is 22.2. The van der Waals surface area contributed by atoms with Crippen molar-refractivity contribution in [3.63, 3.8) is 0 Å². The second-order valence-electron chi connectivity index (χ2n) is 8.54. The molecule has 3 rings (SSSR count). The molecule has 2 aromatic rings. The second-order valence-corrected chi connectivity index (χ2v) is 8.95. The molecule has 0 saturated heterocycles. The molecule has 166 valence electrons. The molecule has 1 saturated carbocycles. The summed E-state index contributed by atoms with van der Waals surface area (Å²) in [6.45, 7) is 4.31. The van der Waals surface area contributed by atoms with E-state index >= 15 is 0 Å². The van der Waals surface area contributed by atoms with Gasteiger partial charge in [0.2, 0.25) is 11.8 Å². The van der Waals surface area contributed by atoms with E-state index in [-0.39, 0.29) is 24.3 Å². The van der Waals surface area contributed by atoms with E-state index in [1.54, 1.807) is 4.90 Å². The van der Waals surface area contributed by atoms with Crippen LogP contribution in [0.4, 0.5) is 0 Å². The molecule has 1 aliphatic rings. The Labute approximate surface area is 191 Å². The lowest BCUT2D eigenvalue weighted by Gasteiger charge is -2.33. The van der Waals surface area contributed by atoms with Gasteiger partial charge in [0, 0.05) is 17.6 Å². The molecule has 5 heteroatoms. The summed E-state index contributed by atoms with van der Waals surface area (Å²) in [5, 5.41) is 3.82. The maximum absolute atomic E-state index is 13.4. The third kappa shape index (κ3) is 6.57. The summed E-state index contributed by atoms with van der Waals surface area (Å²) in [6.07, 6.45) is 6.39. The lowest BCUT2D eigenvalue weighted by atomic mass is 9.95. The maximum Gasteiger partial charge on any atom is 0.243 e. The van der Waals surface area contributed by atoms with Gasteiger partial charge >= 0.3 is 0 Å². The Bertz CT molecular complexity index is 875. The van der Waals surface area contributed by atoms with Gasteiger partial charge in [0.15, 0.2) is 0 Å². The lowest BCUT2D eigenvalue weighted by molar-refractivity contribution is -0.141. The average Bonchev–Trinajstić information content (AvgIpc) is 2.77. The lowest BCUT2D eigenvalue weighted by Crippen LogP contribution is -2.52. The highest BCUT2D eigenvalue weighted by molar-refractivity contribution is 6.31. The highest BCUT2D eigenvalue weighted by Crippen LogP contribution is 2.22.